The first-order valence-corrected chi connectivity index (χ1v) is 5.26. The van der Waals surface area contributed by atoms with Gasteiger partial charge in [-0.05, 0) is 24.3 Å². The Labute approximate surface area is 68.2 Å². The number of aliphatic hydroxyl groups excluding tert-OH is 1. The van der Waals surface area contributed by atoms with Crippen molar-refractivity contribution >= 4 is 11.8 Å². The van der Waals surface area contributed by atoms with E-state index in [0.717, 1.165) is 12.2 Å². The Morgan fingerprint density at radius 1 is 1.10 bits per heavy atom. The molecule has 0 aliphatic rings. The average molecular weight is 162 g/mol. The molecule has 0 rings (SSSR count). The standard InChI is InChI=1S/C8H18OS/c1-2-3-4-7-10-8-5-6-9/h9H,2-8H2,1H3. The molecule has 0 atom stereocenters. The number of hydrogen-bond donors (Lipinski definition) is 1. The van der Waals surface area contributed by atoms with Gasteiger partial charge in [0.2, 0.25) is 0 Å². The molecule has 0 aromatic carbocycles. The molecule has 0 aromatic heterocycles. The summed E-state index contributed by atoms with van der Waals surface area (Å²) < 4.78 is 0. The fourth-order valence-corrected chi connectivity index (χ4v) is 1.67. The van der Waals surface area contributed by atoms with Crippen molar-refractivity contribution in [1.82, 2.24) is 0 Å². The summed E-state index contributed by atoms with van der Waals surface area (Å²) in [7, 11) is 0. The van der Waals surface area contributed by atoms with Crippen LogP contribution in [0, 0.1) is 0 Å². The van der Waals surface area contributed by atoms with Gasteiger partial charge in [0.15, 0.2) is 0 Å². The summed E-state index contributed by atoms with van der Waals surface area (Å²) in [6.07, 6.45) is 4.95. The minimum absolute atomic E-state index is 0.348. The second-order valence-corrected chi connectivity index (χ2v) is 3.62. The van der Waals surface area contributed by atoms with Crippen molar-refractivity contribution in [3.8, 4) is 0 Å². The number of rotatable bonds is 7. The smallest absolute Gasteiger partial charge is 0.0438 e. The third-order valence-corrected chi connectivity index (χ3v) is 2.49. The summed E-state index contributed by atoms with van der Waals surface area (Å²) in [6.45, 7) is 2.57. The predicted molar refractivity (Wildman–Crippen MR) is 48.6 cm³/mol. The molecule has 0 spiro atoms. The highest BCUT2D eigenvalue weighted by Gasteiger charge is 1.87. The van der Waals surface area contributed by atoms with Crippen molar-refractivity contribution in [1.29, 1.82) is 0 Å². The summed E-state index contributed by atoms with van der Waals surface area (Å²) in [5.41, 5.74) is 0. The van der Waals surface area contributed by atoms with Crippen LogP contribution in [0.4, 0.5) is 0 Å². The largest absolute Gasteiger partial charge is 0.396 e. The Hall–Kier alpha value is 0.310. The molecule has 0 aliphatic carbocycles. The first kappa shape index (κ1) is 10.3. The SMILES string of the molecule is CCCCCSCCCO. The number of unbranched alkanes of at least 4 members (excludes halogenated alkanes) is 2. The zero-order chi connectivity index (χ0) is 7.66. The minimum Gasteiger partial charge on any atom is -0.396 e. The fraction of sp³-hybridized carbons (Fsp3) is 1.00. The summed E-state index contributed by atoms with van der Waals surface area (Å²) >= 11 is 1.96. The number of aliphatic hydroxyl groups is 1. The quantitative estimate of drug-likeness (QED) is 0.580. The Bertz CT molecular complexity index is 49.2. The Morgan fingerprint density at radius 2 is 1.80 bits per heavy atom. The van der Waals surface area contributed by atoms with Crippen molar-refractivity contribution in [3.05, 3.63) is 0 Å². The van der Waals surface area contributed by atoms with Crippen molar-refractivity contribution < 1.29 is 5.11 Å². The molecular weight excluding hydrogens is 144 g/mol. The van der Waals surface area contributed by atoms with Gasteiger partial charge in [-0.3, -0.25) is 0 Å². The third-order valence-electron chi connectivity index (χ3n) is 1.34. The van der Waals surface area contributed by atoms with Crippen molar-refractivity contribution in [3.63, 3.8) is 0 Å². The van der Waals surface area contributed by atoms with Gasteiger partial charge in [-0.2, -0.15) is 11.8 Å². The van der Waals surface area contributed by atoms with Crippen LogP contribution in [-0.4, -0.2) is 23.2 Å². The molecule has 62 valence electrons. The summed E-state index contributed by atoms with van der Waals surface area (Å²) in [6, 6.07) is 0. The molecule has 0 unspecified atom stereocenters. The Morgan fingerprint density at radius 3 is 2.40 bits per heavy atom. The van der Waals surface area contributed by atoms with Crippen LogP contribution in [0.15, 0.2) is 0 Å². The van der Waals surface area contributed by atoms with Gasteiger partial charge in [-0.1, -0.05) is 19.8 Å². The van der Waals surface area contributed by atoms with Crippen molar-refractivity contribution in [2.75, 3.05) is 18.1 Å². The van der Waals surface area contributed by atoms with Crippen molar-refractivity contribution in [2.45, 2.75) is 32.6 Å². The topological polar surface area (TPSA) is 20.2 Å². The molecule has 1 N–H and O–H groups in total. The molecule has 0 amide bonds. The maximum absolute atomic E-state index is 8.46. The van der Waals surface area contributed by atoms with E-state index in [9.17, 15) is 0 Å². The van der Waals surface area contributed by atoms with Crippen LogP contribution in [0.5, 0.6) is 0 Å². The van der Waals surface area contributed by atoms with Crippen LogP contribution in [0.3, 0.4) is 0 Å². The lowest BCUT2D eigenvalue weighted by Crippen LogP contribution is -1.87. The highest BCUT2D eigenvalue weighted by atomic mass is 32.2. The highest BCUT2D eigenvalue weighted by Crippen LogP contribution is 2.06. The Balaban J connectivity index is 2.65. The monoisotopic (exact) mass is 162 g/mol. The van der Waals surface area contributed by atoms with E-state index in [1.165, 1.54) is 25.0 Å². The maximum atomic E-state index is 8.46. The van der Waals surface area contributed by atoms with Gasteiger partial charge in [0, 0.05) is 6.61 Å². The summed E-state index contributed by atoms with van der Waals surface area (Å²) in [4.78, 5) is 0. The molecule has 1 nitrogen and oxygen atoms in total. The van der Waals surface area contributed by atoms with E-state index < -0.39 is 0 Å². The van der Waals surface area contributed by atoms with Crippen LogP contribution < -0.4 is 0 Å². The Kier molecular flexibility index (Phi) is 9.60. The number of thioether (sulfide) groups is 1. The molecule has 2 heteroatoms. The van der Waals surface area contributed by atoms with E-state index >= 15 is 0 Å². The summed E-state index contributed by atoms with van der Waals surface area (Å²) in [5, 5.41) is 8.46. The molecule has 0 saturated carbocycles. The second kappa shape index (κ2) is 9.31. The average Bonchev–Trinajstić information content (AvgIpc) is 1.97. The lowest BCUT2D eigenvalue weighted by Gasteiger charge is -1.97. The highest BCUT2D eigenvalue weighted by molar-refractivity contribution is 7.99. The van der Waals surface area contributed by atoms with Crippen molar-refractivity contribution in [2.24, 2.45) is 0 Å². The lowest BCUT2D eigenvalue weighted by molar-refractivity contribution is 0.296. The third kappa shape index (κ3) is 8.31. The number of hydrogen-bond acceptors (Lipinski definition) is 2. The molecule has 0 aliphatic heterocycles. The first-order valence-electron chi connectivity index (χ1n) is 4.10. The van der Waals surface area contributed by atoms with Gasteiger partial charge >= 0.3 is 0 Å². The van der Waals surface area contributed by atoms with Crippen LogP contribution in [0.25, 0.3) is 0 Å². The minimum atomic E-state index is 0.348. The van der Waals surface area contributed by atoms with Crippen LogP contribution in [0.2, 0.25) is 0 Å². The van der Waals surface area contributed by atoms with Gasteiger partial charge in [-0.25, -0.2) is 0 Å². The normalized spacial score (nSPS) is 10.2. The van der Waals surface area contributed by atoms with Gasteiger partial charge in [0.1, 0.15) is 0 Å². The molecule has 0 radical (unpaired) electrons. The molecule has 0 saturated heterocycles. The second-order valence-electron chi connectivity index (χ2n) is 2.40. The van der Waals surface area contributed by atoms with E-state index in [4.69, 9.17) is 5.11 Å². The molecule has 0 heterocycles. The van der Waals surface area contributed by atoms with E-state index in [0.29, 0.717) is 6.61 Å². The molecule has 0 bridgehead atoms. The van der Waals surface area contributed by atoms with Gasteiger partial charge in [0.05, 0.1) is 0 Å². The van der Waals surface area contributed by atoms with Gasteiger partial charge in [-0.15, -0.1) is 0 Å². The van der Waals surface area contributed by atoms with E-state index in [2.05, 4.69) is 6.92 Å². The molecular formula is C8H18OS. The van der Waals surface area contributed by atoms with Crippen LogP contribution in [0.1, 0.15) is 32.6 Å². The summed E-state index contributed by atoms with van der Waals surface area (Å²) in [5.74, 6) is 2.40. The predicted octanol–water partition coefficient (Wildman–Crippen LogP) is 2.29. The van der Waals surface area contributed by atoms with Gasteiger partial charge < -0.3 is 5.11 Å². The molecule has 0 aromatic rings. The maximum Gasteiger partial charge on any atom is 0.0438 e. The van der Waals surface area contributed by atoms with Gasteiger partial charge in [0.25, 0.3) is 0 Å². The lowest BCUT2D eigenvalue weighted by atomic mass is 10.3. The van der Waals surface area contributed by atoms with Crippen LogP contribution >= 0.6 is 11.8 Å². The van der Waals surface area contributed by atoms with E-state index in [-0.39, 0.29) is 0 Å². The van der Waals surface area contributed by atoms with Crippen LogP contribution in [-0.2, 0) is 0 Å². The zero-order valence-corrected chi connectivity index (χ0v) is 7.62. The first-order chi connectivity index (χ1) is 4.91. The van der Waals surface area contributed by atoms with E-state index in [1.54, 1.807) is 0 Å². The molecule has 10 heavy (non-hydrogen) atoms. The van der Waals surface area contributed by atoms with E-state index in [1.807, 2.05) is 11.8 Å². The zero-order valence-electron chi connectivity index (χ0n) is 6.81. The fourth-order valence-electron chi connectivity index (χ4n) is 0.723. The molecule has 0 fully saturated rings.